The van der Waals surface area contributed by atoms with Gasteiger partial charge >= 0.3 is 0 Å². The number of ether oxygens (including phenoxy) is 3. The van der Waals surface area contributed by atoms with Crippen LogP contribution in [0.25, 0.3) is 16.6 Å². The van der Waals surface area contributed by atoms with Crippen molar-refractivity contribution in [2.75, 3.05) is 13.9 Å². The molecule has 0 aliphatic carbocycles. The molecule has 4 rings (SSSR count). The minimum absolute atomic E-state index is 0.148. The third kappa shape index (κ3) is 2.11. The minimum Gasteiger partial charge on any atom is -0.497 e. The van der Waals surface area contributed by atoms with Crippen LogP contribution in [0.5, 0.6) is 17.2 Å². The first-order chi connectivity index (χ1) is 11.2. The van der Waals surface area contributed by atoms with Crippen molar-refractivity contribution < 1.29 is 14.2 Å². The van der Waals surface area contributed by atoms with Crippen molar-refractivity contribution in [3.05, 3.63) is 52.6 Å². The third-order valence-electron chi connectivity index (χ3n) is 3.86. The normalized spacial score (nSPS) is 12.6. The summed E-state index contributed by atoms with van der Waals surface area (Å²) in [6.45, 7) is 2.00. The smallest absolute Gasteiger partial charge is 0.266 e. The highest BCUT2D eigenvalue weighted by atomic mass is 16.7. The molecule has 0 amide bonds. The van der Waals surface area contributed by atoms with Gasteiger partial charge in [-0.1, -0.05) is 0 Å². The van der Waals surface area contributed by atoms with E-state index in [1.807, 2.05) is 6.07 Å². The molecule has 0 saturated heterocycles. The maximum Gasteiger partial charge on any atom is 0.266 e. The summed E-state index contributed by atoms with van der Waals surface area (Å²) in [5.41, 5.74) is 1.18. The molecule has 0 saturated carbocycles. The average molecular weight is 310 g/mol. The molecule has 6 heteroatoms. The molecule has 0 fully saturated rings. The van der Waals surface area contributed by atoms with Crippen molar-refractivity contribution in [2.24, 2.45) is 0 Å². The highest BCUT2D eigenvalue weighted by Crippen LogP contribution is 2.33. The van der Waals surface area contributed by atoms with Gasteiger partial charge in [0.25, 0.3) is 5.56 Å². The van der Waals surface area contributed by atoms with Gasteiger partial charge in [0, 0.05) is 6.07 Å². The van der Waals surface area contributed by atoms with E-state index in [4.69, 9.17) is 14.2 Å². The standard InChI is InChI=1S/C17H14N2O4/c1-10-18-14-5-4-12(21-2)8-13(14)17(20)19(10)11-3-6-15-16(7-11)23-9-22-15/h3-8H,9H2,1-2H3. The second kappa shape index (κ2) is 5.01. The molecule has 23 heavy (non-hydrogen) atoms. The Morgan fingerprint density at radius 3 is 2.78 bits per heavy atom. The lowest BCUT2D eigenvalue weighted by Crippen LogP contribution is -2.22. The molecule has 0 bridgehead atoms. The Labute approximate surface area is 131 Å². The van der Waals surface area contributed by atoms with Crippen molar-refractivity contribution >= 4 is 10.9 Å². The van der Waals surface area contributed by atoms with Gasteiger partial charge in [-0.2, -0.15) is 0 Å². The van der Waals surface area contributed by atoms with Crippen molar-refractivity contribution in [3.63, 3.8) is 0 Å². The number of benzene rings is 2. The zero-order valence-corrected chi connectivity index (χ0v) is 12.7. The second-order valence-corrected chi connectivity index (χ2v) is 5.22. The fourth-order valence-corrected chi connectivity index (χ4v) is 2.73. The Kier molecular flexibility index (Phi) is 2.97. The van der Waals surface area contributed by atoms with Crippen LogP contribution in [-0.2, 0) is 0 Å². The van der Waals surface area contributed by atoms with Gasteiger partial charge < -0.3 is 14.2 Å². The van der Waals surface area contributed by atoms with E-state index in [1.54, 1.807) is 48.9 Å². The van der Waals surface area contributed by atoms with Gasteiger partial charge in [-0.15, -0.1) is 0 Å². The van der Waals surface area contributed by atoms with E-state index in [0.29, 0.717) is 39.7 Å². The van der Waals surface area contributed by atoms with Gasteiger partial charge in [-0.05, 0) is 37.3 Å². The fraction of sp³-hybridized carbons (Fsp3) is 0.176. The lowest BCUT2D eigenvalue weighted by Gasteiger charge is -2.12. The Balaban J connectivity index is 1.97. The second-order valence-electron chi connectivity index (χ2n) is 5.22. The highest BCUT2D eigenvalue weighted by Gasteiger charge is 2.16. The zero-order chi connectivity index (χ0) is 16.0. The van der Waals surface area contributed by atoms with E-state index >= 15 is 0 Å². The van der Waals surface area contributed by atoms with E-state index < -0.39 is 0 Å². The van der Waals surface area contributed by atoms with E-state index in [2.05, 4.69) is 4.98 Å². The summed E-state index contributed by atoms with van der Waals surface area (Å²) in [6.07, 6.45) is 0. The number of hydrogen-bond donors (Lipinski definition) is 0. The van der Waals surface area contributed by atoms with Gasteiger partial charge in [-0.25, -0.2) is 4.98 Å². The number of hydrogen-bond acceptors (Lipinski definition) is 5. The van der Waals surface area contributed by atoms with Crippen LogP contribution < -0.4 is 19.8 Å². The molecular formula is C17H14N2O4. The molecule has 2 aromatic carbocycles. The average Bonchev–Trinajstić information content (AvgIpc) is 3.02. The van der Waals surface area contributed by atoms with E-state index in [1.165, 1.54) is 0 Å². The van der Waals surface area contributed by atoms with Crippen LogP contribution in [0.1, 0.15) is 5.82 Å². The maximum atomic E-state index is 12.9. The lowest BCUT2D eigenvalue weighted by molar-refractivity contribution is 0.174. The summed E-state index contributed by atoms with van der Waals surface area (Å²) < 4.78 is 17.5. The van der Waals surface area contributed by atoms with Gasteiger partial charge in [0.05, 0.1) is 23.7 Å². The molecule has 1 aliphatic rings. The van der Waals surface area contributed by atoms with Crippen molar-refractivity contribution in [1.82, 2.24) is 9.55 Å². The SMILES string of the molecule is COc1ccc2nc(C)n(-c3ccc4c(c3)OCO4)c(=O)c2c1. The molecule has 2 heterocycles. The number of nitrogens with zero attached hydrogens (tertiary/aromatic N) is 2. The molecular weight excluding hydrogens is 296 g/mol. The van der Waals surface area contributed by atoms with Crippen molar-refractivity contribution in [1.29, 1.82) is 0 Å². The molecule has 1 aliphatic heterocycles. The predicted molar refractivity (Wildman–Crippen MR) is 84.8 cm³/mol. The summed E-state index contributed by atoms with van der Waals surface area (Å²) in [5.74, 6) is 2.53. The number of fused-ring (bicyclic) bond motifs is 2. The molecule has 1 aromatic heterocycles. The monoisotopic (exact) mass is 310 g/mol. The van der Waals surface area contributed by atoms with E-state index in [9.17, 15) is 4.79 Å². The Morgan fingerprint density at radius 1 is 1.13 bits per heavy atom. The van der Waals surface area contributed by atoms with Crippen LogP contribution in [0.3, 0.4) is 0 Å². The quantitative estimate of drug-likeness (QED) is 0.727. The third-order valence-corrected chi connectivity index (χ3v) is 3.86. The van der Waals surface area contributed by atoms with Crippen molar-refractivity contribution in [2.45, 2.75) is 6.92 Å². The number of rotatable bonds is 2. The first-order valence-electron chi connectivity index (χ1n) is 7.15. The van der Waals surface area contributed by atoms with Gasteiger partial charge in [0.2, 0.25) is 6.79 Å². The predicted octanol–water partition coefficient (Wildman–Crippen LogP) is 2.43. The molecule has 3 aromatic rings. The summed E-state index contributed by atoms with van der Waals surface area (Å²) in [4.78, 5) is 17.4. The van der Waals surface area contributed by atoms with Gasteiger partial charge in [0.1, 0.15) is 11.6 Å². The van der Waals surface area contributed by atoms with Crippen LogP contribution in [0.2, 0.25) is 0 Å². The Morgan fingerprint density at radius 2 is 1.96 bits per heavy atom. The molecule has 6 nitrogen and oxygen atoms in total. The van der Waals surface area contributed by atoms with E-state index in [-0.39, 0.29) is 12.4 Å². The van der Waals surface area contributed by atoms with Crippen LogP contribution in [-0.4, -0.2) is 23.5 Å². The topological polar surface area (TPSA) is 62.6 Å². The summed E-state index contributed by atoms with van der Waals surface area (Å²) >= 11 is 0. The first kappa shape index (κ1) is 13.6. The fourth-order valence-electron chi connectivity index (χ4n) is 2.73. The van der Waals surface area contributed by atoms with E-state index in [0.717, 1.165) is 0 Å². The molecule has 0 spiro atoms. The van der Waals surface area contributed by atoms with Crippen LogP contribution >= 0.6 is 0 Å². The lowest BCUT2D eigenvalue weighted by atomic mass is 10.2. The summed E-state index contributed by atoms with van der Waals surface area (Å²) in [7, 11) is 1.57. The van der Waals surface area contributed by atoms with Crippen LogP contribution in [0.15, 0.2) is 41.2 Å². The van der Waals surface area contributed by atoms with Gasteiger partial charge in [0.15, 0.2) is 11.5 Å². The highest BCUT2D eigenvalue weighted by molar-refractivity contribution is 5.79. The molecule has 0 N–H and O–H groups in total. The maximum absolute atomic E-state index is 12.9. The first-order valence-corrected chi connectivity index (χ1v) is 7.15. The molecule has 116 valence electrons. The Bertz CT molecular complexity index is 978. The number of methoxy groups -OCH3 is 1. The van der Waals surface area contributed by atoms with Crippen molar-refractivity contribution in [3.8, 4) is 22.9 Å². The molecule has 0 unspecified atom stereocenters. The van der Waals surface area contributed by atoms with Gasteiger partial charge in [-0.3, -0.25) is 9.36 Å². The Hall–Kier alpha value is -3.02. The minimum atomic E-state index is -0.148. The molecule has 0 atom stereocenters. The number of aromatic nitrogens is 2. The zero-order valence-electron chi connectivity index (χ0n) is 12.7. The number of aryl methyl sites for hydroxylation is 1. The summed E-state index contributed by atoms with van der Waals surface area (Å²) in [5, 5.41) is 0.507. The summed E-state index contributed by atoms with van der Waals surface area (Å²) in [6, 6.07) is 10.7. The molecule has 0 radical (unpaired) electrons. The van der Waals surface area contributed by atoms with Crippen LogP contribution in [0, 0.1) is 6.92 Å². The van der Waals surface area contributed by atoms with Crippen LogP contribution in [0.4, 0.5) is 0 Å². The largest absolute Gasteiger partial charge is 0.497 e.